The first-order chi connectivity index (χ1) is 11.1. The number of nitrogens with one attached hydrogen (secondary N) is 2. The van der Waals surface area contributed by atoms with E-state index in [1.54, 1.807) is 0 Å². The number of hydrogen-bond acceptors (Lipinski definition) is 5. The van der Waals surface area contributed by atoms with Gasteiger partial charge in [-0.25, -0.2) is 4.98 Å². The van der Waals surface area contributed by atoms with Crippen LogP contribution in [0.25, 0.3) is 11.3 Å². The van der Waals surface area contributed by atoms with Crippen molar-refractivity contribution in [3.8, 4) is 11.3 Å². The number of hydrogen-bond donors (Lipinski definition) is 2. The number of rotatable bonds is 7. The van der Waals surface area contributed by atoms with Gasteiger partial charge in [-0.3, -0.25) is 9.59 Å². The summed E-state index contributed by atoms with van der Waals surface area (Å²) in [6, 6.07) is 8.07. The lowest BCUT2D eigenvalue weighted by molar-refractivity contribution is -0.119. The first-order valence-corrected chi connectivity index (χ1v) is 9.44. The zero-order valence-electron chi connectivity index (χ0n) is 13.1. The summed E-state index contributed by atoms with van der Waals surface area (Å²) >= 11 is 2.90. The number of carbonyl (C=O) groups excluding carboxylic acids is 2. The molecule has 2 amide bonds. The molecule has 1 aromatic heterocycles. The second kappa shape index (κ2) is 8.69. The molecule has 1 heterocycles. The third kappa shape index (κ3) is 5.69. The molecule has 0 saturated carbocycles. The molecule has 0 saturated heterocycles. The second-order valence-corrected chi connectivity index (χ2v) is 6.67. The van der Waals surface area contributed by atoms with Gasteiger partial charge in [-0.15, -0.1) is 11.3 Å². The molecule has 0 fully saturated rings. The number of benzene rings is 1. The van der Waals surface area contributed by atoms with Crippen LogP contribution in [0.1, 0.15) is 12.5 Å². The van der Waals surface area contributed by atoms with Crippen molar-refractivity contribution in [3.63, 3.8) is 0 Å². The molecule has 5 nitrogen and oxygen atoms in total. The van der Waals surface area contributed by atoms with E-state index >= 15 is 0 Å². The van der Waals surface area contributed by atoms with E-state index in [1.807, 2.05) is 35.9 Å². The molecule has 2 N–H and O–H groups in total. The van der Waals surface area contributed by atoms with Gasteiger partial charge in [-0.05, 0) is 18.2 Å². The van der Waals surface area contributed by atoms with E-state index in [2.05, 4.69) is 15.6 Å². The fourth-order valence-electron chi connectivity index (χ4n) is 1.98. The molecule has 0 bridgehead atoms. The number of thioether (sulfide) groups is 1. The van der Waals surface area contributed by atoms with Gasteiger partial charge in [0.15, 0.2) is 5.13 Å². The predicted octanol–water partition coefficient (Wildman–Crippen LogP) is 2.79. The summed E-state index contributed by atoms with van der Waals surface area (Å²) in [4.78, 5) is 26.8. The Morgan fingerprint density at radius 3 is 2.65 bits per heavy atom. The molecule has 0 spiro atoms. The first kappa shape index (κ1) is 17.5. The summed E-state index contributed by atoms with van der Waals surface area (Å²) in [5.41, 5.74) is 3.02. The number of carbonyl (C=O) groups is 2. The minimum atomic E-state index is -0.0354. The molecule has 0 unspecified atom stereocenters. The van der Waals surface area contributed by atoms with Crippen molar-refractivity contribution < 1.29 is 9.59 Å². The number of nitrogens with zero attached hydrogens (tertiary/aromatic N) is 1. The third-order valence-electron chi connectivity index (χ3n) is 3.06. The van der Waals surface area contributed by atoms with E-state index in [9.17, 15) is 9.59 Å². The topological polar surface area (TPSA) is 71.1 Å². The minimum absolute atomic E-state index is 0.0138. The Morgan fingerprint density at radius 2 is 2.00 bits per heavy atom. The van der Waals surface area contributed by atoms with Crippen LogP contribution in [0.3, 0.4) is 0 Å². The standard InChI is InChI=1S/C16H19N3O2S2/c1-11(20)17-8-7-12-3-5-13(6-4-12)14-9-23-16(18-14)19-15(21)10-22-2/h3-6,9H,7-8,10H2,1-2H3,(H,17,20)(H,18,19,21). The number of aromatic nitrogens is 1. The van der Waals surface area contributed by atoms with Crippen molar-refractivity contribution in [2.75, 3.05) is 23.9 Å². The summed E-state index contributed by atoms with van der Waals surface area (Å²) < 4.78 is 0. The van der Waals surface area contributed by atoms with E-state index in [1.165, 1.54) is 30.0 Å². The van der Waals surface area contributed by atoms with Gasteiger partial charge in [-0.2, -0.15) is 11.8 Å². The molecule has 122 valence electrons. The molecule has 0 aliphatic carbocycles. The Kier molecular flexibility index (Phi) is 6.61. The fourth-order valence-corrected chi connectivity index (χ4v) is 3.05. The fraction of sp³-hybridized carbons (Fsp3) is 0.312. The molecule has 7 heteroatoms. The lowest BCUT2D eigenvalue weighted by atomic mass is 10.1. The minimum Gasteiger partial charge on any atom is -0.356 e. The molecule has 2 aromatic rings. The van der Waals surface area contributed by atoms with Gasteiger partial charge in [0.05, 0.1) is 11.4 Å². The van der Waals surface area contributed by atoms with Crippen LogP contribution in [0.15, 0.2) is 29.6 Å². The Morgan fingerprint density at radius 1 is 1.26 bits per heavy atom. The maximum Gasteiger partial charge on any atom is 0.236 e. The molecular weight excluding hydrogens is 330 g/mol. The van der Waals surface area contributed by atoms with Crippen molar-refractivity contribution in [1.82, 2.24) is 10.3 Å². The van der Waals surface area contributed by atoms with Gasteiger partial charge >= 0.3 is 0 Å². The van der Waals surface area contributed by atoms with Crippen molar-refractivity contribution in [1.29, 1.82) is 0 Å². The Bertz CT molecular complexity index is 668. The smallest absolute Gasteiger partial charge is 0.236 e. The van der Waals surface area contributed by atoms with Crippen molar-refractivity contribution in [2.45, 2.75) is 13.3 Å². The molecule has 0 atom stereocenters. The van der Waals surface area contributed by atoms with Crippen LogP contribution in [0.5, 0.6) is 0 Å². The first-order valence-electron chi connectivity index (χ1n) is 7.16. The molecule has 0 aliphatic heterocycles. The number of amides is 2. The zero-order valence-corrected chi connectivity index (χ0v) is 14.7. The van der Waals surface area contributed by atoms with Gasteiger partial charge in [0.25, 0.3) is 0 Å². The average Bonchev–Trinajstić information content (AvgIpc) is 2.96. The van der Waals surface area contributed by atoms with Crippen LogP contribution in [-0.4, -0.2) is 35.4 Å². The van der Waals surface area contributed by atoms with Crippen LogP contribution >= 0.6 is 23.1 Å². The monoisotopic (exact) mass is 349 g/mol. The average molecular weight is 349 g/mol. The maximum atomic E-state index is 11.6. The summed E-state index contributed by atoms with van der Waals surface area (Å²) in [5.74, 6) is 0.379. The van der Waals surface area contributed by atoms with E-state index < -0.39 is 0 Å². The Hall–Kier alpha value is -1.86. The maximum absolute atomic E-state index is 11.6. The van der Waals surface area contributed by atoms with Crippen molar-refractivity contribution >= 4 is 40.0 Å². The van der Waals surface area contributed by atoms with Gasteiger partial charge in [-0.1, -0.05) is 24.3 Å². The molecule has 23 heavy (non-hydrogen) atoms. The van der Waals surface area contributed by atoms with Gasteiger partial charge in [0.1, 0.15) is 0 Å². The van der Waals surface area contributed by atoms with E-state index in [0.717, 1.165) is 23.2 Å². The Balaban J connectivity index is 1.95. The van der Waals surface area contributed by atoms with Crippen molar-refractivity contribution in [2.24, 2.45) is 0 Å². The van der Waals surface area contributed by atoms with Crippen LogP contribution in [0, 0.1) is 0 Å². The summed E-state index contributed by atoms with van der Waals surface area (Å²) in [7, 11) is 0. The van der Waals surface area contributed by atoms with Crippen LogP contribution in [0.2, 0.25) is 0 Å². The summed E-state index contributed by atoms with van der Waals surface area (Å²) in [5, 5.41) is 8.12. The molecule has 0 aliphatic rings. The molecule has 2 rings (SSSR count). The lowest BCUT2D eigenvalue weighted by Crippen LogP contribution is -2.22. The highest BCUT2D eigenvalue weighted by Gasteiger charge is 2.07. The van der Waals surface area contributed by atoms with E-state index in [0.29, 0.717) is 17.4 Å². The normalized spacial score (nSPS) is 10.3. The lowest BCUT2D eigenvalue weighted by Gasteiger charge is -2.04. The number of anilines is 1. The zero-order chi connectivity index (χ0) is 16.7. The van der Waals surface area contributed by atoms with Gasteiger partial charge < -0.3 is 10.6 Å². The molecule has 0 radical (unpaired) electrons. The highest BCUT2D eigenvalue weighted by Crippen LogP contribution is 2.25. The van der Waals surface area contributed by atoms with Crippen molar-refractivity contribution in [3.05, 3.63) is 35.2 Å². The largest absolute Gasteiger partial charge is 0.356 e. The van der Waals surface area contributed by atoms with Crippen LogP contribution in [0.4, 0.5) is 5.13 Å². The molecule has 1 aromatic carbocycles. The van der Waals surface area contributed by atoms with Crippen LogP contribution in [-0.2, 0) is 16.0 Å². The van der Waals surface area contributed by atoms with Crippen LogP contribution < -0.4 is 10.6 Å². The predicted molar refractivity (Wildman–Crippen MR) is 96.9 cm³/mol. The summed E-state index contributed by atoms with van der Waals surface area (Å²) in [6.07, 6.45) is 2.69. The highest BCUT2D eigenvalue weighted by molar-refractivity contribution is 7.99. The molecular formula is C16H19N3O2S2. The highest BCUT2D eigenvalue weighted by atomic mass is 32.2. The Labute approximate surface area is 143 Å². The quantitative estimate of drug-likeness (QED) is 0.806. The second-order valence-electron chi connectivity index (χ2n) is 4.95. The van der Waals surface area contributed by atoms with Gasteiger partial charge in [0.2, 0.25) is 11.8 Å². The summed E-state index contributed by atoms with van der Waals surface area (Å²) in [6.45, 7) is 2.15. The third-order valence-corrected chi connectivity index (χ3v) is 4.37. The number of thiazole rings is 1. The van der Waals surface area contributed by atoms with Gasteiger partial charge in [0, 0.05) is 24.4 Å². The SMILES string of the molecule is CSCC(=O)Nc1nc(-c2ccc(CCNC(C)=O)cc2)cs1. The van der Waals surface area contributed by atoms with E-state index in [-0.39, 0.29) is 11.8 Å². The van der Waals surface area contributed by atoms with E-state index in [4.69, 9.17) is 0 Å².